The van der Waals surface area contributed by atoms with Crippen LogP contribution in [0.1, 0.15) is 31.7 Å². The molecule has 4 nitrogen and oxygen atoms in total. The van der Waals surface area contributed by atoms with Crippen LogP contribution < -0.4 is 0 Å². The summed E-state index contributed by atoms with van der Waals surface area (Å²) in [4.78, 5) is 2.14. The summed E-state index contributed by atoms with van der Waals surface area (Å²) in [5.74, 6) is 0.256. The molecule has 0 aromatic heterocycles. The average Bonchev–Trinajstić information content (AvgIpc) is 2.46. The third kappa shape index (κ3) is 5.09. The van der Waals surface area contributed by atoms with Crippen LogP contribution in [0.15, 0.2) is 30.3 Å². The summed E-state index contributed by atoms with van der Waals surface area (Å²) in [6.07, 6.45) is 2.75. The number of hydrogen-bond acceptors (Lipinski definition) is 4. The summed E-state index contributed by atoms with van der Waals surface area (Å²) in [6, 6.07) is 9.40. The van der Waals surface area contributed by atoms with Crippen LogP contribution >= 0.6 is 0 Å². The zero-order chi connectivity index (χ0) is 15.3. The highest BCUT2D eigenvalue weighted by atomic mass is 32.2. The highest BCUT2D eigenvalue weighted by Gasteiger charge is 2.27. The molecule has 1 fully saturated rings. The molecule has 1 saturated heterocycles. The molecular formula is C16H25NO3S. The second kappa shape index (κ2) is 7.38. The number of sulfone groups is 1. The first-order valence-electron chi connectivity index (χ1n) is 7.64. The molecule has 0 spiro atoms. The molecule has 1 aliphatic rings. The zero-order valence-corrected chi connectivity index (χ0v) is 13.4. The van der Waals surface area contributed by atoms with Gasteiger partial charge in [-0.15, -0.1) is 0 Å². The third-order valence-corrected chi connectivity index (χ3v) is 5.72. The second-order valence-corrected chi connectivity index (χ2v) is 8.10. The molecule has 0 unspecified atom stereocenters. The molecule has 1 N–H and O–H groups in total. The lowest BCUT2D eigenvalue weighted by Crippen LogP contribution is -2.47. The molecule has 2 atom stereocenters. The van der Waals surface area contributed by atoms with Gasteiger partial charge in [0, 0.05) is 12.6 Å². The molecule has 5 heteroatoms. The van der Waals surface area contributed by atoms with E-state index >= 15 is 0 Å². The molecule has 21 heavy (non-hydrogen) atoms. The minimum absolute atomic E-state index is 0.0982. The highest BCUT2D eigenvalue weighted by Crippen LogP contribution is 2.20. The van der Waals surface area contributed by atoms with Crippen molar-refractivity contribution in [3.8, 4) is 0 Å². The van der Waals surface area contributed by atoms with Gasteiger partial charge in [-0.3, -0.25) is 4.90 Å². The van der Waals surface area contributed by atoms with Crippen molar-refractivity contribution in [3.05, 3.63) is 35.9 Å². The fourth-order valence-corrected chi connectivity index (χ4v) is 4.35. The van der Waals surface area contributed by atoms with Crippen molar-refractivity contribution in [2.75, 3.05) is 18.8 Å². The molecule has 1 aliphatic heterocycles. The maximum absolute atomic E-state index is 12.2. The molecule has 0 radical (unpaired) electrons. The van der Waals surface area contributed by atoms with Crippen LogP contribution in [0.3, 0.4) is 0 Å². The number of hydrogen-bond donors (Lipinski definition) is 1. The lowest BCUT2D eigenvalue weighted by molar-refractivity contribution is 0.0403. The van der Waals surface area contributed by atoms with Gasteiger partial charge in [-0.1, -0.05) is 36.8 Å². The predicted molar refractivity (Wildman–Crippen MR) is 84.8 cm³/mol. The van der Waals surface area contributed by atoms with E-state index < -0.39 is 15.9 Å². The van der Waals surface area contributed by atoms with Gasteiger partial charge < -0.3 is 5.11 Å². The lowest BCUT2D eigenvalue weighted by atomic mass is 9.98. The molecule has 1 aromatic rings. The van der Waals surface area contributed by atoms with E-state index in [1.807, 2.05) is 30.3 Å². The first-order valence-corrected chi connectivity index (χ1v) is 9.46. The van der Waals surface area contributed by atoms with Gasteiger partial charge in [-0.25, -0.2) is 8.42 Å². The highest BCUT2D eigenvalue weighted by molar-refractivity contribution is 7.90. The van der Waals surface area contributed by atoms with Gasteiger partial charge >= 0.3 is 0 Å². The molecule has 1 heterocycles. The van der Waals surface area contributed by atoms with E-state index in [1.54, 1.807) is 6.92 Å². The monoisotopic (exact) mass is 311 g/mol. The average molecular weight is 311 g/mol. The van der Waals surface area contributed by atoms with E-state index in [0.29, 0.717) is 6.54 Å². The Morgan fingerprint density at radius 3 is 2.67 bits per heavy atom. The van der Waals surface area contributed by atoms with Crippen LogP contribution in [-0.2, 0) is 15.6 Å². The van der Waals surface area contributed by atoms with Crippen molar-refractivity contribution in [1.29, 1.82) is 0 Å². The molecule has 2 rings (SSSR count). The Balaban J connectivity index is 1.91. The van der Waals surface area contributed by atoms with Crippen molar-refractivity contribution < 1.29 is 13.5 Å². The fraction of sp³-hybridized carbons (Fsp3) is 0.625. The molecule has 0 bridgehead atoms. The third-order valence-electron chi connectivity index (χ3n) is 4.14. The maximum atomic E-state index is 12.2. The van der Waals surface area contributed by atoms with Gasteiger partial charge in [0.2, 0.25) is 0 Å². The maximum Gasteiger partial charge on any atom is 0.155 e. The Bertz CT molecular complexity index is 528. The summed E-state index contributed by atoms with van der Waals surface area (Å²) in [5.41, 5.74) is 0.836. The largest absolute Gasteiger partial charge is 0.392 e. The van der Waals surface area contributed by atoms with E-state index in [0.717, 1.165) is 31.4 Å². The fourth-order valence-electron chi connectivity index (χ4n) is 3.00. The Morgan fingerprint density at radius 2 is 2.00 bits per heavy atom. The number of benzene rings is 1. The van der Waals surface area contributed by atoms with Gasteiger partial charge in [0.25, 0.3) is 0 Å². The van der Waals surface area contributed by atoms with Crippen molar-refractivity contribution in [1.82, 2.24) is 4.90 Å². The number of piperidine rings is 1. The molecule has 0 saturated carbocycles. The number of aliphatic hydroxyl groups is 1. The molecule has 0 aliphatic carbocycles. The van der Waals surface area contributed by atoms with Crippen LogP contribution in [0.4, 0.5) is 0 Å². The Labute approximate surface area is 127 Å². The standard InChI is InChI=1S/C16H25NO3S/c1-14(18)16-9-5-6-10-17(16)11-12-21(19,20)13-15-7-3-2-4-8-15/h2-4,7-8,14,16,18H,5-6,9-13H2,1H3/t14-,16+/m1/s1. The number of aliphatic hydroxyl groups excluding tert-OH is 1. The molecular weight excluding hydrogens is 286 g/mol. The van der Waals surface area contributed by atoms with E-state index in [-0.39, 0.29) is 17.5 Å². The molecule has 1 aromatic carbocycles. The van der Waals surface area contributed by atoms with Crippen molar-refractivity contribution in [3.63, 3.8) is 0 Å². The SMILES string of the molecule is C[C@@H](O)[C@@H]1CCCCN1CCS(=O)(=O)Cc1ccccc1. The van der Waals surface area contributed by atoms with Crippen molar-refractivity contribution in [2.24, 2.45) is 0 Å². The van der Waals surface area contributed by atoms with Crippen molar-refractivity contribution >= 4 is 9.84 Å². The van der Waals surface area contributed by atoms with Crippen LogP contribution in [-0.4, -0.2) is 49.4 Å². The Kier molecular flexibility index (Phi) is 5.79. The van der Waals surface area contributed by atoms with Gasteiger partial charge in [-0.05, 0) is 31.9 Å². The summed E-state index contributed by atoms with van der Waals surface area (Å²) in [7, 11) is -3.11. The zero-order valence-electron chi connectivity index (χ0n) is 12.6. The summed E-state index contributed by atoms with van der Waals surface area (Å²) in [6.45, 7) is 3.20. The topological polar surface area (TPSA) is 57.6 Å². The first kappa shape index (κ1) is 16.5. The minimum atomic E-state index is -3.11. The van der Waals surface area contributed by atoms with Gasteiger partial charge in [-0.2, -0.15) is 0 Å². The number of nitrogens with zero attached hydrogens (tertiary/aromatic N) is 1. The number of likely N-dealkylation sites (tertiary alicyclic amines) is 1. The molecule has 0 amide bonds. The van der Waals surface area contributed by atoms with Crippen LogP contribution in [0.2, 0.25) is 0 Å². The number of rotatable bonds is 6. The normalized spacial score (nSPS) is 22.1. The summed E-state index contributed by atoms with van der Waals surface area (Å²) < 4.78 is 24.5. The molecule has 118 valence electrons. The minimum Gasteiger partial charge on any atom is -0.392 e. The van der Waals surface area contributed by atoms with E-state index in [9.17, 15) is 13.5 Å². The van der Waals surface area contributed by atoms with E-state index in [1.165, 1.54) is 0 Å². The second-order valence-electron chi connectivity index (χ2n) is 5.92. The lowest BCUT2D eigenvalue weighted by Gasteiger charge is -2.37. The van der Waals surface area contributed by atoms with Crippen molar-refractivity contribution in [2.45, 2.75) is 44.1 Å². The first-order chi connectivity index (χ1) is 9.98. The quantitative estimate of drug-likeness (QED) is 0.871. The van der Waals surface area contributed by atoms with Crippen LogP contribution in [0.25, 0.3) is 0 Å². The van der Waals surface area contributed by atoms with E-state index in [2.05, 4.69) is 4.90 Å². The smallest absolute Gasteiger partial charge is 0.155 e. The summed E-state index contributed by atoms with van der Waals surface area (Å²) in [5, 5.41) is 9.82. The van der Waals surface area contributed by atoms with E-state index in [4.69, 9.17) is 0 Å². The van der Waals surface area contributed by atoms with Crippen LogP contribution in [0.5, 0.6) is 0 Å². The van der Waals surface area contributed by atoms with Gasteiger partial charge in [0.05, 0.1) is 17.6 Å². The Morgan fingerprint density at radius 1 is 1.29 bits per heavy atom. The Hall–Kier alpha value is -0.910. The summed E-state index contributed by atoms with van der Waals surface area (Å²) >= 11 is 0. The van der Waals surface area contributed by atoms with Gasteiger partial charge in [0.1, 0.15) is 0 Å². The van der Waals surface area contributed by atoms with Gasteiger partial charge in [0.15, 0.2) is 9.84 Å². The van der Waals surface area contributed by atoms with Crippen LogP contribution in [0, 0.1) is 0 Å². The predicted octanol–water partition coefficient (Wildman–Crippen LogP) is 1.84.